The first-order valence-corrected chi connectivity index (χ1v) is 10.4. The van der Waals surface area contributed by atoms with Crippen LogP contribution in [0.1, 0.15) is 34.8 Å². The molecule has 1 amide bonds. The predicted molar refractivity (Wildman–Crippen MR) is 104 cm³/mol. The fourth-order valence-electron chi connectivity index (χ4n) is 3.27. The third-order valence-corrected chi connectivity index (χ3v) is 6.06. The van der Waals surface area contributed by atoms with E-state index < -0.39 is 38.7 Å². The highest BCUT2D eigenvalue weighted by atomic mass is 35.5. The van der Waals surface area contributed by atoms with Crippen molar-refractivity contribution < 1.29 is 26.4 Å². The summed E-state index contributed by atoms with van der Waals surface area (Å²) in [7, 11) is -4.73. The molecule has 0 aromatic heterocycles. The molecule has 0 bridgehead atoms. The van der Waals surface area contributed by atoms with Gasteiger partial charge in [0.15, 0.2) is 0 Å². The monoisotopic (exact) mass is 447 g/mol. The lowest BCUT2D eigenvalue weighted by Gasteiger charge is -2.38. The maximum absolute atomic E-state index is 13.4. The molecule has 1 aliphatic rings. The fourth-order valence-corrected chi connectivity index (χ4v) is 4.20. The van der Waals surface area contributed by atoms with Crippen molar-refractivity contribution in [2.75, 3.05) is 10.2 Å². The highest BCUT2D eigenvalue weighted by Crippen LogP contribution is 2.41. The summed E-state index contributed by atoms with van der Waals surface area (Å²) in [5.41, 5.74) is -0.709. The minimum atomic E-state index is -4.97. The summed E-state index contributed by atoms with van der Waals surface area (Å²) in [6.07, 6.45) is -5.26. The zero-order valence-corrected chi connectivity index (χ0v) is 16.9. The van der Waals surface area contributed by atoms with Crippen LogP contribution in [0.5, 0.6) is 0 Å². The number of halogens is 4. The van der Waals surface area contributed by atoms with E-state index in [2.05, 4.69) is 5.32 Å². The number of primary sulfonamides is 1. The molecule has 156 valence electrons. The van der Waals surface area contributed by atoms with Gasteiger partial charge in [-0.3, -0.25) is 9.69 Å². The molecule has 1 atom stereocenters. The van der Waals surface area contributed by atoms with Crippen molar-refractivity contribution >= 4 is 38.9 Å². The molecule has 0 fully saturated rings. The molecule has 1 aliphatic heterocycles. The van der Waals surface area contributed by atoms with Gasteiger partial charge in [0.05, 0.1) is 21.7 Å². The van der Waals surface area contributed by atoms with Gasteiger partial charge < -0.3 is 5.32 Å². The number of hydrogen-bond donors (Lipinski definition) is 2. The molecule has 0 aliphatic carbocycles. The number of nitrogens with two attached hydrogens (primary N) is 1. The highest BCUT2D eigenvalue weighted by Gasteiger charge is 2.41. The second-order valence-corrected chi connectivity index (χ2v) is 8.50. The Morgan fingerprint density at radius 2 is 1.93 bits per heavy atom. The molecule has 0 saturated heterocycles. The maximum atomic E-state index is 13.4. The lowest BCUT2D eigenvalue weighted by molar-refractivity contribution is -0.139. The highest BCUT2D eigenvalue weighted by molar-refractivity contribution is 7.89. The molecule has 6 nitrogen and oxygen atoms in total. The van der Waals surface area contributed by atoms with E-state index in [1.165, 1.54) is 4.90 Å². The van der Waals surface area contributed by atoms with Crippen molar-refractivity contribution in [3.63, 3.8) is 0 Å². The van der Waals surface area contributed by atoms with Crippen LogP contribution in [0.15, 0.2) is 35.2 Å². The van der Waals surface area contributed by atoms with E-state index in [1.807, 2.05) is 0 Å². The summed E-state index contributed by atoms with van der Waals surface area (Å²) in [4.78, 5) is 13.4. The van der Waals surface area contributed by atoms with E-state index in [0.29, 0.717) is 34.8 Å². The lowest BCUT2D eigenvalue weighted by Crippen LogP contribution is -2.49. The van der Waals surface area contributed by atoms with Gasteiger partial charge >= 0.3 is 6.18 Å². The van der Waals surface area contributed by atoms with Gasteiger partial charge in [-0.2, -0.15) is 13.2 Å². The third kappa shape index (κ3) is 3.79. The maximum Gasteiger partial charge on any atom is 0.417 e. The number of hydrogen-bond acceptors (Lipinski definition) is 4. The zero-order chi connectivity index (χ0) is 21.7. The van der Waals surface area contributed by atoms with Crippen LogP contribution in [-0.2, 0) is 16.2 Å². The fraction of sp³-hybridized carbons (Fsp3) is 0.278. The Kier molecular flexibility index (Phi) is 5.31. The Hall–Kier alpha value is -2.30. The molecule has 3 rings (SSSR count). The van der Waals surface area contributed by atoms with E-state index >= 15 is 0 Å². The van der Waals surface area contributed by atoms with Crippen LogP contribution in [0.2, 0.25) is 5.02 Å². The van der Waals surface area contributed by atoms with Gasteiger partial charge in [0, 0.05) is 10.7 Å². The number of nitrogens with zero attached hydrogens (tertiary/aromatic N) is 1. The molecular weight excluding hydrogens is 431 g/mol. The number of alkyl halides is 3. The Balaban J connectivity index is 2.25. The molecule has 2 aromatic rings. The number of carbonyl (C=O) groups is 1. The van der Waals surface area contributed by atoms with Crippen LogP contribution in [0.4, 0.5) is 24.5 Å². The first kappa shape index (κ1) is 21.4. The van der Waals surface area contributed by atoms with Crippen molar-refractivity contribution in [3.05, 3.63) is 52.0 Å². The topological polar surface area (TPSA) is 92.5 Å². The minimum absolute atomic E-state index is 0.113. The number of amides is 1. The Morgan fingerprint density at radius 1 is 1.28 bits per heavy atom. The number of anilines is 2. The smallest absolute Gasteiger partial charge is 0.364 e. The van der Waals surface area contributed by atoms with Crippen LogP contribution >= 0.6 is 11.6 Å². The number of carbonyl (C=O) groups excluding carboxylic acids is 1. The first-order valence-electron chi connectivity index (χ1n) is 8.49. The molecule has 3 N–H and O–H groups in total. The third-order valence-electron chi connectivity index (χ3n) is 4.70. The summed E-state index contributed by atoms with van der Waals surface area (Å²) in [5, 5.41) is 8.29. The van der Waals surface area contributed by atoms with Crippen LogP contribution < -0.4 is 15.4 Å². The molecule has 29 heavy (non-hydrogen) atoms. The van der Waals surface area contributed by atoms with Crippen LogP contribution in [0.3, 0.4) is 0 Å². The zero-order valence-electron chi connectivity index (χ0n) is 15.3. The van der Waals surface area contributed by atoms with Gasteiger partial charge in [0.2, 0.25) is 10.0 Å². The first-order chi connectivity index (χ1) is 13.4. The Bertz CT molecular complexity index is 1100. The Morgan fingerprint density at radius 3 is 2.48 bits per heavy atom. The van der Waals surface area contributed by atoms with E-state index in [1.54, 1.807) is 32.0 Å². The summed E-state index contributed by atoms with van der Waals surface area (Å²) in [6, 6.07) is 6.22. The van der Waals surface area contributed by atoms with Crippen molar-refractivity contribution in [1.82, 2.24) is 0 Å². The van der Waals surface area contributed by atoms with E-state index in [-0.39, 0.29) is 11.3 Å². The van der Waals surface area contributed by atoms with E-state index in [9.17, 15) is 26.4 Å². The summed E-state index contributed by atoms with van der Waals surface area (Å²) >= 11 is 6.15. The average Bonchev–Trinajstić information content (AvgIpc) is 2.62. The van der Waals surface area contributed by atoms with Gasteiger partial charge in [-0.15, -0.1) is 0 Å². The van der Waals surface area contributed by atoms with Crippen molar-refractivity contribution in [3.8, 4) is 0 Å². The van der Waals surface area contributed by atoms with Gasteiger partial charge in [-0.25, -0.2) is 13.6 Å². The van der Waals surface area contributed by atoms with Crippen molar-refractivity contribution in [2.45, 2.75) is 37.5 Å². The van der Waals surface area contributed by atoms with Crippen LogP contribution in [-0.4, -0.2) is 20.5 Å². The summed E-state index contributed by atoms with van der Waals surface area (Å²) < 4.78 is 63.8. The lowest BCUT2D eigenvalue weighted by atomic mass is 10.0. The van der Waals surface area contributed by atoms with Gasteiger partial charge in [0.25, 0.3) is 5.91 Å². The van der Waals surface area contributed by atoms with Crippen molar-refractivity contribution in [2.24, 2.45) is 5.14 Å². The predicted octanol–water partition coefficient (Wildman–Crippen LogP) is 4.12. The molecule has 0 radical (unpaired) electrons. The number of rotatable bonds is 3. The number of nitrogens with one attached hydrogen (secondary N) is 1. The SMILES string of the molecule is CCC1Nc2cc(C(F)(F)F)c(S(N)(=O)=O)cc2C(=O)N1c1cccc(Cl)c1C. The quantitative estimate of drug-likeness (QED) is 0.740. The number of fused-ring (bicyclic) bond motifs is 1. The average molecular weight is 448 g/mol. The normalized spacial score (nSPS) is 17.1. The second-order valence-electron chi connectivity index (χ2n) is 6.56. The van der Waals surface area contributed by atoms with Crippen LogP contribution in [0, 0.1) is 6.92 Å². The molecule has 11 heteroatoms. The molecule has 1 unspecified atom stereocenters. The van der Waals surface area contributed by atoms with Crippen LogP contribution in [0.25, 0.3) is 0 Å². The largest absolute Gasteiger partial charge is 0.417 e. The van der Waals surface area contributed by atoms with Gasteiger partial charge in [0.1, 0.15) is 6.17 Å². The number of benzene rings is 2. The standard InChI is InChI=1S/C18H17ClF3N3O3S/c1-3-16-24-13-8-11(18(20,21)22)15(29(23,27)28)7-10(13)17(26)25(16)14-6-4-5-12(19)9(14)2/h4-8,16,24H,3H2,1-2H3,(H2,23,27,28). The van der Waals surface area contributed by atoms with E-state index in [4.69, 9.17) is 16.7 Å². The summed E-state index contributed by atoms with van der Waals surface area (Å²) in [5.74, 6) is -0.658. The molecule has 1 heterocycles. The second kappa shape index (κ2) is 7.19. The van der Waals surface area contributed by atoms with Gasteiger partial charge in [-0.1, -0.05) is 24.6 Å². The minimum Gasteiger partial charge on any atom is -0.364 e. The molecular formula is C18H17ClF3N3O3S. The van der Waals surface area contributed by atoms with Gasteiger partial charge in [-0.05, 0) is 43.2 Å². The summed E-state index contributed by atoms with van der Waals surface area (Å²) in [6.45, 7) is 3.46. The molecule has 0 saturated carbocycles. The number of sulfonamides is 1. The molecule has 2 aromatic carbocycles. The molecule has 0 spiro atoms. The van der Waals surface area contributed by atoms with Crippen molar-refractivity contribution in [1.29, 1.82) is 0 Å². The van der Waals surface area contributed by atoms with E-state index in [0.717, 1.165) is 0 Å². The Labute approximate surface area is 170 Å².